The van der Waals surface area contributed by atoms with Gasteiger partial charge >= 0.3 is 6.03 Å². The van der Waals surface area contributed by atoms with E-state index in [1.807, 2.05) is 18.5 Å². The number of anilines is 1. The third-order valence-corrected chi connectivity index (χ3v) is 5.89. The van der Waals surface area contributed by atoms with Crippen LogP contribution in [0.25, 0.3) is 11.4 Å². The first-order valence-electron chi connectivity index (χ1n) is 7.86. The summed E-state index contributed by atoms with van der Waals surface area (Å²) in [4.78, 5) is 16.7. The van der Waals surface area contributed by atoms with Crippen molar-refractivity contribution in [1.29, 1.82) is 0 Å². The first-order valence-corrected chi connectivity index (χ1v) is 8.74. The Morgan fingerprint density at radius 3 is 3.09 bits per heavy atom. The van der Waals surface area contributed by atoms with Crippen LogP contribution in [0.5, 0.6) is 0 Å². The monoisotopic (exact) mass is 331 g/mol. The second-order valence-corrected chi connectivity index (χ2v) is 7.38. The third kappa shape index (κ3) is 2.16. The van der Waals surface area contributed by atoms with Crippen molar-refractivity contribution in [2.24, 2.45) is 18.9 Å². The zero-order valence-electron chi connectivity index (χ0n) is 12.6. The fourth-order valence-electron chi connectivity index (χ4n) is 3.97. The lowest BCUT2D eigenvalue weighted by molar-refractivity contribution is 0.0668. The first-order chi connectivity index (χ1) is 11.2. The van der Waals surface area contributed by atoms with E-state index in [0.717, 1.165) is 23.7 Å². The predicted octanol–water partition coefficient (Wildman–Crippen LogP) is 1.84. The summed E-state index contributed by atoms with van der Waals surface area (Å²) in [5.41, 5.74) is 1.74. The van der Waals surface area contributed by atoms with Gasteiger partial charge in [0.1, 0.15) is 5.69 Å². The number of ether oxygens (including phenoxy) is 1. The Labute approximate surface area is 137 Å². The summed E-state index contributed by atoms with van der Waals surface area (Å²) in [7, 11) is 1.87. The minimum absolute atomic E-state index is 0.139. The number of nitrogens with one attached hydrogen (secondary N) is 2. The molecule has 0 spiro atoms. The summed E-state index contributed by atoms with van der Waals surface area (Å²) >= 11 is 1.41. The minimum atomic E-state index is -0.200. The van der Waals surface area contributed by atoms with Gasteiger partial charge in [0.05, 0.1) is 23.9 Å². The molecule has 1 saturated carbocycles. The van der Waals surface area contributed by atoms with Crippen LogP contribution in [0.4, 0.5) is 9.93 Å². The molecule has 2 bridgehead atoms. The van der Waals surface area contributed by atoms with Gasteiger partial charge < -0.3 is 10.1 Å². The molecular weight excluding hydrogens is 314 g/mol. The van der Waals surface area contributed by atoms with Crippen molar-refractivity contribution in [1.82, 2.24) is 20.1 Å². The fourth-order valence-corrected chi connectivity index (χ4v) is 4.67. The van der Waals surface area contributed by atoms with E-state index in [1.165, 1.54) is 17.8 Å². The lowest BCUT2D eigenvalue weighted by Crippen LogP contribution is -2.44. The van der Waals surface area contributed by atoms with E-state index < -0.39 is 0 Å². The third-order valence-electron chi connectivity index (χ3n) is 5.13. The zero-order valence-corrected chi connectivity index (χ0v) is 13.4. The van der Waals surface area contributed by atoms with Gasteiger partial charge in [-0.1, -0.05) is 0 Å². The highest BCUT2D eigenvalue weighted by Gasteiger charge is 2.62. The van der Waals surface area contributed by atoms with Crippen LogP contribution in [0.1, 0.15) is 12.8 Å². The van der Waals surface area contributed by atoms with Gasteiger partial charge in [-0.2, -0.15) is 5.10 Å². The molecule has 23 heavy (non-hydrogen) atoms. The summed E-state index contributed by atoms with van der Waals surface area (Å²) < 4.78 is 7.66. The largest absolute Gasteiger partial charge is 0.372 e. The Balaban J connectivity index is 1.23. The Hall–Kier alpha value is -1.93. The molecule has 0 aromatic carbocycles. The number of fused-ring (bicyclic) bond motifs is 5. The average molecular weight is 331 g/mol. The van der Waals surface area contributed by atoms with Gasteiger partial charge in [0.15, 0.2) is 5.13 Å². The Morgan fingerprint density at radius 1 is 1.43 bits per heavy atom. The molecule has 5 rings (SSSR count). The molecule has 2 amide bonds. The summed E-state index contributed by atoms with van der Waals surface area (Å²) in [6, 6.07) is 1.84. The number of nitrogens with zero attached hydrogens (tertiary/aromatic N) is 3. The number of hydrogen-bond acceptors (Lipinski definition) is 5. The highest BCUT2D eigenvalue weighted by molar-refractivity contribution is 7.14. The average Bonchev–Trinajstić information content (AvgIpc) is 2.88. The van der Waals surface area contributed by atoms with E-state index in [0.29, 0.717) is 17.2 Å². The van der Waals surface area contributed by atoms with Crippen molar-refractivity contribution in [3.05, 3.63) is 17.6 Å². The second kappa shape index (κ2) is 4.78. The Bertz CT molecular complexity index is 772. The summed E-state index contributed by atoms with van der Waals surface area (Å²) in [5, 5.41) is 12.5. The smallest absolute Gasteiger partial charge is 0.321 e. The highest BCUT2D eigenvalue weighted by Crippen LogP contribution is 2.58. The molecule has 4 heterocycles. The standard InChI is InChI=1S/C15H17N5O2S/c1-20-11(2-3-16-20)10-6-23-15(18-10)19-14(21)17-9-5-12-7-4-8(7)13(9)22-12/h2-3,6-9,12-13H,4-5H2,1H3,(H2,17,18,19,21)/t7-,8+,9-,12+,13+/m1/s1. The van der Waals surface area contributed by atoms with Crippen LogP contribution in [0.15, 0.2) is 17.6 Å². The maximum absolute atomic E-state index is 12.2. The van der Waals surface area contributed by atoms with Crippen LogP contribution in [-0.2, 0) is 11.8 Å². The molecule has 2 aromatic heterocycles. The zero-order chi connectivity index (χ0) is 15.6. The molecule has 2 aromatic rings. The van der Waals surface area contributed by atoms with Gasteiger partial charge in [-0.05, 0) is 30.7 Å². The molecule has 3 aliphatic rings. The SMILES string of the molecule is Cn1nccc1-c1csc(NC(=O)N[C@@H]2C[C@@H]3O[C@H]2[C@H]2C[C@H]23)n1. The quantitative estimate of drug-likeness (QED) is 0.899. The number of rotatable bonds is 3. The molecule has 2 N–H and O–H groups in total. The van der Waals surface area contributed by atoms with E-state index in [9.17, 15) is 4.79 Å². The van der Waals surface area contributed by atoms with Crippen LogP contribution in [0.3, 0.4) is 0 Å². The maximum Gasteiger partial charge on any atom is 0.321 e. The van der Waals surface area contributed by atoms with Crippen molar-refractivity contribution in [3.8, 4) is 11.4 Å². The molecule has 5 atom stereocenters. The van der Waals surface area contributed by atoms with Gasteiger partial charge in [0.25, 0.3) is 0 Å². The molecule has 0 radical (unpaired) electrons. The number of hydrogen-bond donors (Lipinski definition) is 2. The number of carbonyl (C=O) groups is 1. The first kappa shape index (κ1) is 13.5. The van der Waals surface area contributed by atoms with Gasteiger partial charge in [-0.15, -0.1) is 11.3 Å². The molecule has 2 saturated heterocycles. The van der Waals surface area contributed by atoms with Crippen LogP contribution in [0, 0.1) is 11.8 Å². The molecular formula is C15H17N5O2S. The van der Waals surface area contributed by atoms with Crippen molar-refractivity contribution < 1.29 is 9.53 Å². The van der Waals surface area contributed by atoms with Crippen molar-refractivity contribution >= 4 is 22.5 Å². The molecule has 3 fully saturated rings. The summed E-state index contributed by atoms with van der Waals surface area (Å²) in [6.45, 7) is 0. The molecule has 120 valence electrons. The Morgan fingerprint density at radius 2 is 2.35 bits per heavy atom. The van der Waals surface area contributed by atoms with E-state index in [2.05, 4.69) is 20.7 Å². The van der Waals surface area contributed by atoms with Gasteiger partial charge in [0, 0.05) is 18.6 Å². The van der Waals surface area contributed by atoms with Gasteiger partial charge in [0.2, 0.25) is 0 Å². The van der Waals surface area contributed by atoms with E-state index in [4.69, 9.17) is 4.74 Å². The van der Waals surface area contributed by atoms with Crippen LogP contribution >= 0.6 is 11.3 Å². The lowest BCUT2D eigenvalue weighted by atomic mass is 9.96. The van der Waals surface area contributed by atoms with Crippen molar-refractivity contribution in [2.45, 2.75) is 31.1 Å². The number of thiazole rings is 1. The Kier molecular flexibility index (Phi) is 2.81. The number of carbonyl (C=O) groups excluding carboxylic acids is 1. The fraction of sp³-hybridized carbons (Fsp3) is 0.533. The molecule has 0 unspecified atom stereocenters. The maximum atomic E-state index is 12.2. The number of aromatic nitrogens is 3. The van der Waals surface area contributed by atoms with E-state index in [1.54, 1.807) is 10.9 Å². The van der Waals surface area contributed by atoms with Gasteiger partial charge in [-0.25, -0.2) is 9.78 Å². The summed E-state index contributed by atoms with van der Waals surface area (Å²) in [6.07, 6.45) is 4.53. The molecule has 2 aliphatic heterocycles. The van der Waals surface area contributed by atoms with Crippen LogP contribution < -0.4 is 10.6 Å². The summed E-state index contributed by atoms with van der Waals surface area (Å²) in [5.74, 6) is 1.44. The topological polar surface area (TPSA) is 81.1 Å². The second-order valence-electron chi connectivity index (χ2n) is 6.52. The lowest BCUT2D eigenvalue weighted by Gasteiger charge is -2.19. The van der Waals surface area contributed by atoms with Crippen LogP contribution in [-0.4, -0.2) is 39.0 Å². The predicted molar refractivity (Wildman–Crippen MR) is 85.1 cm³/mol. The highest BCUT2D eigenvalue weighted by atomic mass is 32.1. The minimum Gasteiger partial charge on any atom is -0.372 e. The van der Waals surface area contributed by atoms with Crippen molar-refractivity contribution in [3.63, 3.8) is 0 Å². The van der Waals surface area contributed by atoms with Crippen molar-refractivity contribution in [2.75, 3.05) is 5.32 Å². The normalized spacial score (nSPS) is 33.5. The molecule has 7 nitrogen and oxygen atoms in total. The molecule has 8 heteroatoms. The van der Waals surface area contributed by atoms with E-state index in [-0.39, 0.29) is 18.2 Å². The molecule has 1 aliphatic carbocycles. The van der Waals surface area contributed by atoms with Crippen LogP contribution in [0.2, 0.25) is 0 Å². The number of amides is 2. The van der Waals surface area contributed by atoms with E-state index >= 15 is 0 Å². The van der Waals surface area contributed by atoms with Gasteiger partial charge in [-0.3, -0.25) is 10.00 Å². The number of urea groups is 1. The number of aryl methyl sites for hydroxylation is 1.